The fourth-order valence-corrected chi connectivity index (χ4v) is 3.49. The van der Waals surface area contributed by atoms with Gasteiger partial charge in [0.05, 0.1) is 0 Å². The number of nitrogens with zero attached hydrogens (tertiary/aromatic N) is 2. The summed E-state index contributed by atoms with van der Waals surface area (Å²) in [6, 6.07) is 0. The van der Waals surface area contributed by atoms with Gasteiger partial charge in [0.25, 0.3) is 0 Å². The zero-order valence-electron chi connectivity index (χ0n) is 9.03. The summed E-state index contributed by atoms with van der Waals surface area (Å²) in [6.07, 6.45) is 2.00. The number of aromatic nitrogens is 1. The number of hydrogen-bond acceptors (Lipinski definition) is 5. The van der Waals surface area contributed by atoms with Crippen molar-refractivity contribution in [3.05, 3.63) is 11.1 Å². The Hall–Kier alpha value is -0.260. The highest BCUT2D eigenvalue weighted by Gasteiger charge is 2.12. The number of thioether (sulfide) groups is 1. The van der Waals surface area contributed by atoms with E-state index in [1.165, 1.54) is 29.5 Å². The Labute approximate surface area is 99.3 Å². The highest BCUT2D eigenvalue weighted by Crippen LogP contribution is 2.20. The van der Waals surface area contributed by atoms with Gasteiger partial charge in [-0.3, -0.25) is 4.90 Å². The van der Waals surface area contributed by atoms with Gasteiger partial charge in [-0.25, -0.2) is 4.98 Å². The Kier molecular flexibility index (Phi) is 4.29. The van der Waals surface area contributed by atoms with Gasteiger partial charge in [0, 0.05) is 48.8 Å². The van der Waals surface area contributed by atoms with Crippen LogP contribution in [0.3, 0.4) is 0 Å². The molecule has 5 heteroatoms. The Morgan fingerprint density at radius 3 is 3.00 bits per heavy atom. The first-order chi connectivity index (χ1) is 7.38. The van der Waals surface area contributed by atoms with Gasteiger partial charge in [0.2, 0.25) is 0 Å². The molecule has 1 aromatic heterocycles. The second kappa shape index (κ2) is 5.72. The van der Waals surface area contributed by atoms with E-state index >= 15 is 0 Å². The molecule has 0 aromatic carbocycles. The first-order valence-electron chi connectivity index (χ1n) is 5.37. The minimum atomic E-state index is 0.952. The molecule has 1 aliphatic heterocycles. The molecule has 1 saturated heterocycles. The first kappa shape index (κ1) is 11.2. The number of thiazole rings is 1. The standard InChI is InChI=1S/C10H17N3S2/c1-2-11-10-12-7-9(15-10)8-13-3-5-14-6-4-13/h7H,2-6,8H2,1H3,(H,11,12). The molecule has 0 saturated carbocycles. The van der Waals surface area contributed by atoms with E-state index in [1.807, 2.05) is 6.20 Å². The summed E-state index contributed by atoms with van der Waals surface area (Å²) < 4.78 is 0. The molecule has 1 aliphatic rings. The van der Waals surface area contributed by atoms with E-state index in [4.69, 9.17) is 0 Å². The van der Waals surface area contributed by atoms with E-state index in [9.17, 15) is 0 Å². The molecule has 2 rings (SSSR count). The molecule has 0 aliphatic carbocycles. The largest absolute Gasteiger partial charge is 0.362 e. The van der Waals surface area contributed by atoms with Crippen molar-refractivity contribution in [2.45, 2.75) is 13.5 Å². The molecule has 0 spiro atoms. The van der Waals surface area contributed by atoms with Crippen LogP contribution in [0.15, 0.2) is 6.20 Å². The molecule has 0 atom stereocenters. The summed E-state index contributed by atoms with van der Waals surface area (Å²) in [7, 11) is 0. The third-order valence-electron chi connectivity index (χ3n) is 2.36. The van der Waals surface area contributed by atoms with Crippen LogP contribution in [-0.4, -0.2) is 41.0 Å². The summed E-state index contributed by atoms with van der Waals surface area (Å²) in [6.45, 7) is 6.57. The fourth-order valence-electron chi connectivity index (χ4n) is 1.59. The Balaban J connectivity index is 1.86. The molecule has 1 aromatic rings. The highest BCUT2D eigenvalue weighted by atomic mass is 32.2. The third-order valence-corrected chi connectivity index (χ3v) is 4.25. The lowest BCUT2D eigenvalue weighted by Crippen LogP contribution is -2.31. The molecule has 2 heterocycles. The molecule has 0 radical (unpaired) electrons. The zero-order chi connectivity index (χ0) is 10.5. The molecule has 0 bridgehead atoms. The molecule has 0 amide bonds. The van der Waals surface area contributed by atoms with Crippen LogP contribution in [0.5, 0.6) is 0 Å². The smallest absolute Gasteiger partial charge is 0.182 e. The van der Waals surface area contributed by atoms with E-state index in [0.29, 0.717) is 0 Å². The summed E-state index contributed by atoms with van der Waals surface area (Å²) >= 11 is 3.84. The van der Waals surface area contributed by atoms with E-state index < -0.39 is 0 Å². The van der Waals surface area contributed by atoms with Crippen LogP contribution in [0, 0.1) is 0 Å². The minimum Gasteiger partial charge on any atom is -0.362 e. The monoisotopic (exact) mass is 243 g/mol. The van der Waals surface area contributed by atoms with Gasteiger partial charge in [-0.15, -0.1) is 11.3 Å². The lowest BCUT2D eigenvalue weighted by molar-refractivity contribution is 0.297. The van der Waals surface area contributed by atoms with Gasteiger partial charge in [0.15, 0.2) is 5.13 Å². The number of hydrogen-bond donors (Lipinski definition) is 1. The highest BCUT2D eigenvalue weighted by molar-refractivity contribution is 7.99. The summed E-state index contributed by atoms with van der Waals surface area (Å²) in [5.74, 6) is 2.55. The minimum absolute atomic E-state index is 0.952. The van der Waals surface area contributed by atoms with Crippen LogP contribution >= 0.6 is 23.1 Å². The van der Waals surface area contributed by atoms with Crippen molar-refractivity contribution in [1.29, 1.82) is 0 Å². The Morgan fingerprint density at radius 1 is 1.47 bits per heavy atom. The molecule has 0 unspecified atom stereocenters. The maximum absolute atomic E-state index is 4.35. The first-order valence-corrected chi connectivity index (χ1v) is 7.34. The lowest BCUT2D eigenvalue weighted by Gasteiger charge is -2.25. The van der Waals surface area contributed by atoms with Gasteiger partial charge in [-0.2, -0.15) is 11.8 Å². The SMILES string of the molecule is CCNc1ncc(CN2CCSCC2)s1. The average Bonchev–Trinajstić information content (AvgIpc) is 2.68. The molecule has 1 fully saturated rings. The molecular weight excluding hydrogens is 226 g/mol. The number of nitrogens with one attached hydrogen (secondary N) is 1. The zero-order valence-corrected chi connectivity index (χ0v) is 10.7. The van der Waals surface area contributed by atoms with Gasteiger partial charge in [-0.1, -0.05) is 0 Å². The maximum Gasteiger partial charge on any atom is 0.182 e. The van der Waals surface area contributed by atoms with E-state index in [0.717, 1.165) is 18.2 Å². The predicted molar refractivity (Wildman–Crippen MR) is 68.9 cm³/mol. The van der Waals surface area contributed by atoms with Crippen LogP contribution in [-0.2, 0) is 6.54 Å². The number of rotatable bonds is 4. The number of anilines is 1. The van der Waals surface area contributed by atoms with Gasteiger partial charge in [-0.05, 0) is 6.92 Å². The molecular formula is C10H17N3S2. The topological polar surface area (TPSA) is 28.2 Å². The molecule has 15 heavy (non-hydrogen) atoms. The van der Waals surface area contributed by atoms with Gasteiger partial charge < -0.3 is 5.32 Å². The normalized spacial score (nSPS) is 17.9. The van der Waals surface area contributed by atoms with Crippen molar-refractivity contribution in [1.82, 2.24) is 9.88 Å². The molecule has 3 nitrogen and oxygen atoms in total. The van der Waals surface area contributed by atoms with Crippen molar-refractivity contribution in [2.24, 2.45) is 0 Å². The Bertz CT molecular complexity index is 295. The van der Waals surface area contributed by atoms with Crippen LogP contribution in [0.25, 0.3) is 0 Å². The predicted octanol–water partition coefficient (Wildman–Crippen LogP) is 2.12. The molecule has 1 N–H and O–H groups in total. The second-order valence-electron chi connectivity index (χ2n) is 3.55. The average molecular weight is 243 g/mol. The van der Waals surface area contributed by atoms with E-state index in [-0.39, 0.29) is 0 Å². The van der Waals surface area contributed by atoms with Gasteiger partial charge in [0.1, 0.15) is 0 Å². The molecule has 84 valence electrons. The summed E-state index contributed by atoms with van der Waals surface area (Å²) in [4.78, 5) is 8.23. The summed E-state index contributed by atoms with van der Waals surface area (Å²) in [5, 5.41) is 4.30. The van der Waals surface area contributed by atoms with Crippen LogP contribution < -0.4 is 5.32 Å². The lowest BCUT2D eigenvalue weighted by atomic mass is 10.4. The van der Waals surface area contributed by atoms with Crippen LogP contribution in [0.1, 0.15) is 11.8 Å². The van der Waals surface area contributed by atoms with Gasteiger partial charge >= 0.3 is 0 Å². The maximum atomic E-state index is 4.35. The van der Waals surface area contributed by atoms with E-state index in [2.05, 4.69) is 33.9 Å². The van der Waals surface area contributed by atoms with Crippen molar-refractivity contribution < 1.29 is 0 Å². The quantitative estimate of drug-likeness (QED) is 0.877. The van der Waals surface area contributed by atoms with Crippen LogP contribution in [0.4, 0.5) is 5.13 Å². The third kappa shape index (κ3) is 3.36. The van der Waals surface area contributed by atoms with Crippen molar-refractivity contribution in [2.75, 3.05) is 36.5 Å². The van der Waals surface area contributed by atoms with E-state index in [1.54, 1.807) is 11.3 Å². The van der Waals surface area contributed by atoms with Crippen LogP contribution in [0.2, 0.25) is 0 Å². The second-order valence-corrected chi connectivity index (χ2v) is 5.89. The van der Waals surface area contributed by atoms with Crippen molar-refractivity contribution in [3.63, 3.8) is 0 Å². The fraction of sp³-hybridized carbons (Fsp3) is 0.700. The Morgan fingerprint density at radius 2 is 2.27 bits per heavy atom. The van der Waals surface area contributed by atoms with Crippen molar-refractivity contribution in [3.8, 4) is 0 Å². The summed E-state index contributed by atoms with van der Waals surface area (Å²) in [5.41, 5.74) is 0. The van der Waals surface area contributed by atoms with Crippen molar-refractivity contribution >= 4 is 28.2 Å².